The number of furan rings is 1. The molecule has 3 nitrogen and oxygen atoms in total. The van der Waals surface area contributed by atoms with Gasteiger partial charge in [-0.3, -0.25) is 9.97 Å². The third-order valence-corrected chi connectivity index (χ3v) is 3.54. The summed E-state index contributed by atoms with van der Waals surface area (Å²) >= 11 is 0. The third-order valence-electron chi connectivity index (χ3n) is 3.54. The van der Waals surface area contributed by atoms with Crippen molar-refractivity contribution in [2.24, 2.45) is 0 Å². The molecule has 0 unspecified atom stereocenters. The summed E-state index contributed by atoms with van der Waals surface area (Å²) in [5.74, 6) is 0. The molecule has 3 aromatic heterocycles. The van der Waals surface area contributed by atoms with Crippen LogP contribution in [0.1, 0.15) is 0 Å². The minimum absolute atomic E-state index is 0.871. The number of fused-ring (bicyclic) bond motifs is 1. The number of hydrogen-bond donors (Lipinski definition) is 0. The number of pyridine rings is 2. The van der Waals surface area contributed by atoms with Gasteiger partial charge in [-0.2, -0.15) is 0 Å². The summed E-state index contributed by atoms with van der Waals surface area (Å²) < 4.78 is 5.72. The largest absolute Gasteiger partial charge is 0.464 e. The molecular weight excluding hydrogens is 260 g/mol. The van der Waals surface area contributed by atoms with Crippen molar-refractivity contribution in [1.29, 1.82) is 0 Å². The van der Waals surface area contributed by atoms with Crippen LogP contribution < -0.4 is 0 Å². The van der Waals surface area contributed by atoms with Crippen LogP contribution in [0, 0.1) is 0 Å². The van der Waals surface area contributed by atoms with Gasteiger partial charge in [-0.1, -0.05) is 18.2 Å². The SMILES string of the molecule is c1cncc(-c2ccc3c(-c4cccnc4)coc3c2)c1. The molecule has 0 N–H and O–H groups in total. The van der Waals surface area contributed by atoms with Crippen LogP contribution in [0.5, 0.6) is 0 Å². The molecule has 0 atom stereocenters. The quantitative estimate of drug-likeness (QED) is 0.537. The van der Waals surface area contributed by atoms with Gasteiger partial charge in [-0.25, -0.2) is 0 Å². The number of aromatic nitrogens is 2. The van der Waals surface area contributed by atoms with Gasteiger partial charge in [-0.05, 0) is 29.8 Å². The van der Waals surface area contributed by atoms with E-state index in [0.29, 0.717) is 0 Å². The summed E-state index contributed by atoms with van der Waals surface area (Å²) in [4.78, 5) is 8.32. The van der Waals surface area contributed by atoms with Gasteiger partial charge in [0.25, 0.3) is 0 Å². The molecule has 3 heterocycles. The second kappa shape index (κ2) is 4.87. The first kappa shape index (κ1) is 11.9. The number of nitrogens with zero attached hydrogens (tertiary/aromatic N) is 2. The second-order valence-corrected chi connectivity index (χ2v) is 4.84. The monoisotopic (exact) mass is 272 g/mol. The summed E-state index contributed by atoms with van der Waals surface area (Å²) in [6.07, 6.45) is 9.03. The Kier molecular flexibility index (Phi) is 2.75. The van der Waals surface area contributed by atoms with E-state index in [4.69, 9.17) is 4.42 Å². The highest BCUT2D eigenvalue weighted by Gasteiger charge is 2.09. The minimum Gasteiger partial charge on any atom is -0.464 e. The number of benzene rings is 1. The van der Waals surface area contributed by atoms with E-state index in [-0.39, 0.29) is 0 Å². The lowest BCUT2D eigenvalue weighted by Crippen LogP contribution is -1.80. The molecule has 21 heavy (non-hydrogen) atoms. The maximum absolute atomic E-state index is 5.72. The van der Waals surface area contributed by atoms with Gasteiger partial charge >= 0.3 is 0 Å². The van der Waals surface area contributed by atoms with Crippen molar-refractivity contribution in [2.45, 2.75) is 0 Å². The lowest BCUT2D eigenvalue weighted by molar-refractivity contribution is 0.617. The molecular formula is C18H12N2O. The van der Waals surface area contributed by atoms with E-state index in [1.807, 2.05) is 42.7 Å². The fraction of sp³-hybridized carbons (Fsp3) is 0. The highest BCUT2D eigenvalue weighted by molar-refractivity contribution is 5.95. The van der Waals surface area contributed by atoms with Crippen LogP contribution in [0.25, 0.3) is 33.2 Å². The van der Waals surface area contributed by atoms with Gasteiger partial charge in [0.2, 0.25) is 0 Å². The standard InChI is InChI=1S/C18H12N2O/c1-3-14(10-19-7-1)13-5-6-16-17(12-21-18(16)9-13)15-4-2-8-20-11-15/h1-12H. The molecule has 0 saturated heterocycles. The van der Waals surface area contributed by atoms with Gasteiger partial charge in [0.05, 0.1) is 6.26 Å². The van der Waals surface area contributed by atoms with Crippen LogP contribution in [0.15, 0.2) is 77.9 Å². The van der Waals surface area contributed by atoms with Gasteiger partial charge in [0, 0.05) is 46.9 Å². The molecule has 0 aliphatic rings. The van der Waals surface area contributed by atoms with Crippen LogP contribution in [-0.2, 0) is 0 Å². The first-order valence-electron chi connectivity index (χ1n) is 6.74. The average Bonchev–Trinajstić information content (AvgIpc) is 2.99. The van der Waals surface area contributed by atoms with Gasteiger partial charge in [-0.15, -0.1) is 0 Å². The maximum Gasteiger partial charge on any atom is 0.135 e. The smallest absolute Gasteiger partial charge is 0.135 e. The van der Waals surface area contributed by atoms with Gasteiger partial charge in [0.1, 0.15) is 5.58 Å². The average molecular weight is 272 g/mol. The molecule has 0 aliphatic heterocycles. The molecule has 0 saturated carbocycles. The van der Waals surface area contributed by atoms with E-state index in [0.717, 1.165) is 33.2 Å². The molecule has 3 heteroatoms. The molecule has 1 aromatic carbocycles. The van der Waals surface area contributed by atoms with Crippen molar-refractivity contribution < 1.29 is 4.42 Å². The summed E-state index contributed by atoms with van der Waals surface area (Å²) in [5, 5.41) is 1.09. The van der Waals surface area contributed by atoms with Crippen molar-refractivity contribution in [3.63, 3.8) is 0 Å². The van der Waals surface area contributed by atoms with Gasteiger partial charge in [0.15, 0.2) is 0 Å². The van der Waals surface area contributed by atoms with Crippen LogP contribution in [-0.4, -0.2) is 9.97 Å². The Bertz CT molecular complexity index is 883. The predicted molar refractivity (Wildman–Crippen MR) is 82.7 cm³/mol. The van der Waals surface area contributed by atoms with E-state index in [1.165, 1.54) is 0 Å². The summed E-state index contributed by atoms with van der Waals surface area (Å²) in [6, 6.07) is 14.2. The highest BCUT2D eigenvalue weighted by atomic mass is 16.3. The summed E-state index contributed by atoms with van der Waals surface area (Å²) in [5.41, 5.74) is 5.18. The fourth-order valence-electron chi connectivity index (χ4n) is 2.49. The lowest BCUT2D eigenvalue weighted by Gasteiger charge is -2.01. The minimum atomic E-state index is 0.871. The molecule has 0 bridgehead atoms. The Morgan fingerprint density at radius 2 is 1.52 bits per heavy atom. The van der Waals surface area contributed by atoms with Crippen LogP contribution in [0.2, 0.25) is 0 Å². The molecule has 0 fully saturated rings. The highest BCUT2D eigenvalue weighted by Crippen LogP contribution is 2.32. The Balaban J connectivity index is 1.85. The second-order valence-electron chi connectivity index (χ2n) is 4.84. The fourth-order valence-corrected chi connectivity index (χ4v) is 2.49. The zero-order chi connectivity index (χ0) is 14.1. The van der Waals surface area contributed by atoms with E-state index >= 15 is 0 Å². The Labute approximate surface area is 121 Å². The topological polar surface area (TPSA) is 38.9 Å². The van der Waals surface area contributed by atoms with E-state index in [9.17, 15) is 0 Å². The van der Waals surface area contributed by atoms with Crippen molar-refractivity contribution in [3.05, 3.63) is 73.5 Å². The first-order valence-corrected chi connectivity index (χ1v) is 6.74. The first-order chi connectivity index (χ1) is 10.4. The molecule has 0 spiro atoms. The Morgan fingerprint density at radius 3 is 2.24 bits per heavy atom. The number of hydrogen-bond acceptors (Lipinski definition) is 3. The third kappa shape index (κ3) is 2.09. The van der Waals surface area contributed by atoms with Crippen molar-refractivity contribution in [2.75, 3.05) is 0 Å². The van der Waals surface area contributed by atoms with Crippen LogP contribution in [0.4, 0.5) is 0 Å². The zero-order valence-electron chi connectivity index (χ0n) is 11.2. The van der Waals surface area contributed by atoms with Crippen LogP contribution in [0.3, 0.4) is 0 Å². The Morgan fingerprint density at radius 1 is 0.762 bits per heavy atom. The van der Waals surface area contributed by atoms with E-state index < -0.39 is 0 Å². The molecule has 0 radical (unpaired) electrons. The molecule has 0 amide bonds. The summed E-state index contributed by atoms with van der Waals surface area (Å²) in [6.45, 7) is 0. The zero-order valence-corrected chi connectivity index (χ0v) is 11.2. The van der Waals surface area contributed by atoms with Crippen molar-refractivity contribution in [3.8, 4) is 22.3 Å². The Hall–Kier alpha value is -2.94. The normalized spacial score (nSPS) is 10.9. The van der Waals surface area contributed by atoms with Crippen LogP contribution >= 0.6 is 0 Å². The van der Waals surface area contributed by atoms with Crippen molar-refractivity contribution in [1.82, 2.24) is 9.97 Å². The molecule has 4 rings (SSSR count). The molecule has 0 aliphatic carbocycles. The molecule has 100 valence electrons. The lowest BCUT2D eigenvalue weighted by atomic mass is 10.0. The predicted octanol–water partition coefficient (Wildman–Crippen LogP) is 4.56. The molecule has 4 aromatic rings. The number of rotatable bonds is 2. The van der Waals surface area contributed by atoms with E-state index in [2.05, 4.69) is 22.1 Å². The van der Waals surface area contributed by atoms with Gasteiger partial charge < -0.3 is 4.42 Å². The maximum atomic E-state index is 5.72. The van der Waals surface area contributed by atoms with Crippen molar-refractivity contribution >= 4 is 11.0 Å². The van der Waals surface area contributed by atoms with E-state index in [1.54, 1.807) is 18.7 Å². The summed E-state index contributed by atoms with van der Waals surface area (Å²) in [7, 11) is 0.